The summed E-state index contributed by atoms with van der Waals surface area (Å²) in [6.45, 7) is 2.07. The van der Waals surface area contributed by atoms with Crippen molar-refractivity contribution in [2.24, 2.45) is 0 Å². The predicted octanol–water partition coefficient (Wildman–Crippen LogP) is 2.91. The number of pyridine rings is 2. The quantitative estimate of drug-likeness (QED) is 0.743. The lowest BCUT2D eigenvalue weighted by molar-refractivity contribution is 1.15. The van der Waals surface area contributed by atoms with Crippen LogP contribution in [0.2, 0.25) is 0 Å². The van der Waals surface area contributed by atoms with Crippen LogP contribution >= 0.6 is 11.8 Å². The molecule has 0 atom stereocenters. The van der Waals surface area contributed by atoms with E-state index < -0.39 is 0 Å². The molecule has 0 aliphatic rings. The Bertz CT molecular complexity index is 720. The molecule has 0 amide bonds. The number of nitrogens with two attached hydrogens (primary N) is 1. The molecule has 4 nitrogen and oxygen atoms in total. The van der Waals surface area contributed by atoms with Crippen LogP contribution in [0, 0.1) is 6.92 Å². The van der Waals surface area contributed by atoms with Crippen LogP contribution in [0.25, 0.3) is 5.65 Å². The molecular weight excluding hydrogens is 256 g/mol. The van der Waals surface area contributed by atoms with E-state index in [-0.39, 0.29) is 0 Å². The predicted molar refractivity (Wildman–Crippen MR) is 78.1 cm³/mol. The Morgan fingerprint density at radius 1 is 1.26 bits per heavy atom. The van der Waals surface area contributed by atoms with Crippen LogP contribution in [-0.4, -0.2) is 14.4 Å². The van der Waals surface area contributed by atoms with Gasteiger partial charge in [-0.15, -0.1) is 11.8 Å². The largest absolute Gasteiger partial charge is 0.397 e. The number of anilines is 1. The summed E-state index contributed by atoms with van der Waals surface area (Å²) < 4.78 is 2.06. The van der Waals surface area contributed by atoms with Crippen LogP contribution in [0.1, 0.15) is 11.3 Å². The van der Waals surface area contributed by atoms with E-state index in [1.165, 1.54) is 5.56 Å². The van der Waals surface area contributed by atoms with Gasteiger partial charge in [0.05, 0.1) is 17.6 Å². The molecule has 19 heavy (non-hydrogen) atoms. The zero-order valence-corrected chi connectivity index (χ0v) is 11.4. The van der Waals surface area contributed by atoms with E-state index in [1.807, 2.05) is 12.1 Å². The maximum Gasteiger partial charge on any atom is 0.137 e. The molecule has 0 saturated carbocycles. The summed E-state index contributed by atoms with van der Waals surface area (Å²) in [5.41, 5.74) is 9.83. The molecule has 0 aliphatic heterocycles. The van der Waals surface area contributed by atoms with Crippen molar-refractivity contribution in [1.29, 1.82) is 0 Å². The van der Waals surface area contributed by atoms with E-state index in [1.54, 1.807) is 24.2 Å². The van der Waals surface area contributed by atoms with E-state index in [0.29, 0.717) is 5.69 Å². The minimum Gasteiger partial charge on any atom is -0.397 e. The van der Waals surface area contributed by atoms with Gasteiger partial charge in [0.1, 0.15) is 5.65 Å². The lowest BCUT2D eigenvalue weighted by Crippen LogP contribution is -1.89. The van der Waals surface area contributed by atoms with Gasteiger partial charge in [-0.05, 0) is 24.6 Å². The molecule has 0 unspecified atom stereocenters. The average Bonchev–Trinajstić information content (AvgIpc) is 2.79. The zero-order chi connectivity index (χ0) is 13.2. The van der Waals surface area contributed by atoms with Gasteiger partial charge in [-0.3, -0.25) is 4.98 Å². The van der Waals surface area contributed by atoms with Gasteiger partial charge < -0.3 is 10.1 Å². The molecular formula is C14H14N4S. The maximum absolute atomic E-state index is 5.87. The van der Waals surface area contributed by atoms with Crippen molar-refractivity contribution in [3.05, 3.63) is 54.2 Å². The summed E-state index contributed by atoms with van der Waals surface area (Å²) in [5.74, 6) is 0.801. The van der Waals surface area contributed by atoms with Gasteiger partial charge in [-0.1, -0.05) is 6.07 Å². The lowest BCUT2D eigenvalue weighted by atomic mass is 10.3. The Morgan fingerprint density at radius 3 is 3.00 bits per heavy atom. The number of aryl methyl sites for hydroxylation is 1. The molecule has 96 valence electrons. The maximum atomic E-state index is 5.87. The summed E-state index contributed by atoms with van der Waals surface area (Å²) >= 11 is 1.68. The third-order valence-corrected chi connectivity index (χ3v) is 3.96. The summed E-state index contributed by atoms with van der Waals surface area (Å²) in [6.07, 6.45) is 7.57. The Balaban J connectivity index is 1.80. The van der Waals surface area contributed by atoms with Gasteiger partial charge in [0.25, 0.3) is 0 Å². The highest BCUT2D eigenvalue weighted by Gasteiger charge is 2.04. The van der Waals surface area contributed by atoms with Gasteiger partial charge >= 0.3 is 0 Å². The lowest BCUT2D eigenvalue weighted by Gasteiger charge is -2.01. The average molecular weight is 270 g/mol. The topological polar surface area (TPSA) is 56.2 Å². The number of aromatic nitrogens is 3. The van der Waals surface area contributed by atoms with Gasteiger partial charge in [0.15, 0.2) is 0 Å². The molecule has 0 bridgehead atoms. The van der Waals surface area contributed by atoms with Gasteiger partial charge in [-0.2, -0.15) is 0 Å². The van der Waals surface area contributed by atoms with Gasteiger partial charge in [-0.25, -0.2) is 4.98 Å². The molecule has 5 heteroatoms. The molecule has 0 radical (unpaired) electrons. The minimum atomic E-state index is 0.715. The highest BCUT2D eigenvalue weighted by atomic mass is 32.2. The second kappa shape index (κ2) is 4.93. The monoisotopic (exact) mass is 270 g/mol. The number of nitrogens with zero attached hydrogens (tertiary/aromatic N) is 3. The summed E-state index contributed by atoms with van der Waals surface area (Å²) in [5, 5.41) is 0. The highest BCUT2D eigenvalue weighted by molar-refractivity contribution is 7.98. The number of rotatable bonds is 3. The number of imidazole rings is 1. The molecule has 0 saturated heterocycles. The number of thioether (sulfide) groups is 1. The third kappa shape index (κ3) is 2.56. The van der Waals surface area contributed by atoms with Crippen molar-refractivity contribution >= 4 is 23.1 Å². The zero-order valence-electron chi connectivity index (χ0n) is 10.6. The molecule has 3 aromatic rings. The van der Waals surface area contributed by atoms with Crippen molar-refractivity contribution in [3.8, 4) is 0 Å². The van der Waals surface area contributed by atoms with Gasteiger partial charge in [0, 0.05) is 29.2 Å². The first-order valence-corrected chi connectivity index (χ1v) is 6.97. The van der Waals surface area contributed by atoms with E-state index in [2.05, 4.69) is 39.8 Å². The number of hydrogen-bond donors (Lipinski definition) is 1. The first-order valence-electron chi connectivity index (χ1n) is 5.99. The minimum absolute atomic E-state index is 0.715. The Kier molecular flexibility index (Phi) is 3.13. The second-order valence-electron chi connectivity index (χ2n) is 4.41. The van der Waals surface area contributed by atoms with Crippen LogP contribution < -0.4 is 5.73 Å². The molecule has 0 spiro atoms. The Labute approximate surface area is 115 Å². The van der Waals surface area contributed by atoms with Crippen LogP contribution in [-0.2, 0) is 5.75 Å². The smallest absolute Gasteiger partial charge is 0.137 e. The fourth-order valence-electron chi connectivity index (χ4n) is 1.90. The highest BCUT2D eigenvalue weighted by Crippen LogP contribution is 2.26. The molecule has 3 aromatic heterocycles. The first kappa shape index (κ1) is 12.0. The Morgan fingerprint density at radius 2 is 2.16 bits per heavy atom. The van der Waals surface area contributed by atoms with Gasteiger partial charge in [0.2, 0.25) is 0 Å². The summed E-state index contributed by atoms with van der Waals surface area (Å²) in [7, 11) is 0. The molecule has 2 N–H and O–H groups in total. The normalized spacial score (nSPS) is 11.0. The molecule has 3 rings (SSSR count). The standard InChI is InChI=1S/C14H14N4S/c1-10-2-3-14-17-11(8-18(14)7-10)9-19-13-4-5-16-6-12(13)15/h2-8H,9,15H2,1H3. The van der Waals surface area contributed by atoms with Crippen LogP contribution in [0.3, 0.4) is 0 Å². The van der Waals surface area contributed by atoms with E-state index >= 15 is 0 Å². The molecule has 0 aliphatic carbocycles. The van der Waals surface area contributed by atoms with Crippen LogP contribution in [0.5, 0.6) is 0 Å². The molecule has 0 aromatic carbocycles. The Hall–Kier alpha value is -2.01. The summed E-state index contributed by atoms with van der Waals surface area (Å²) in [4.78, 5) is 9.62. The number of hydrogen-bond acceptors (Lipinski definition) is 4. The second-order valence-corrected chi connectivity index (χ2v) is 5.42. The van der Waals surface area contributed by atoms with E-state index in [4.69, 9.17) is 5.73 Å². The van der Waals surface area contributed by atoms with Crippen molar-refractivity contribution in [3.63, 3.8) is 0 Å². The third-order valence-electron chi connectivity index (χ3n) is 2.83. The van der Waals surface area contributed by atoms with E-state index in [9.17, 15) is 0 Å². The van der Waals surface area contributed by atoms with Crippen molar-refractivity contribution in [2.45, 2.75) is 17.6 Å². The van der Waals surface area contributed by atoms with Crippen molar-refractivity contribution < 1.29 is 0 Å². The number of nitrogen functional groups attached to an aromatic ring is 1. The van der Waals surface area contributed by atoms with Crippen LogP contribution in [0.4, 0.5) is 5.69 Å². The first-order chi connectivity index (χ1) is 9.22. The molecule has 0 fully saturated rings. The van der Waals surface area contributed by atoms with E-state index in [0.717, 1.165) is 22.0 Å². The van der Waals surface area contributed by atoms with Crippen molar-refractivity contribution in [2.75, 3.05) is 5.73 Å². The fourth-order valence-corrected chi connectivity index (χ4v) is 2.72. The SMILES string of the molecule is Cc1ccc2nc(CSc3ccncc3N)cn2c1. The summed E-state index contributed by atoms with van der Waals surface area (Å²) in [6, 6.07) is 6.03. The van der Waals surface area contributed by atoms with Crippen molar-refractivity contribution in [1.82, 2.24) is 14.4 Å². The van der Waals surface area contributed by atoms with Crippen LogP contribution in [0.15, 0.2) is 47.9 Å². The molecule has 3 heterocycles. The number of fused-ring (bicyclic) bond motifs is 1. The fraction of sp³-hybridized carbons (Fsp3) is 0.143.